The van der Waals surface area contributed by atoms with E-state index in [0.717, 1.165) is 16.9 Å². The second kappa shape index (κ2) is 8.78. The van der Waals surface area contributed by atoms with Crippen molar-refractivity contribution >= 4 is 29.4 Å². The van der Waals surface area contributed by atoms with E-state index in [4.69, 9.17) is 26.8 Å². The van der Waals surface area contributed by atoms with Crippen molar-refractivity contribution in [1.29, 1.82) is 0 Å². The van der Waals surface area contributed by atoms with Crippen LogP contribution in [-0.2, 0) is 16.1 Å². The molecule has 1 aromatic carbocycles. The van der Waals surface area contributed by atoms with Gasteiger partial charge in [-0.2, -0.15) is 0 Å². The second-order valence-corrected chi connectivity index (χ2v) is 9.49. The summed E-state index contributed by atoms with van der Waals surface area (Å²) in [5.41, 5.74) is 5.30. The zero-order chi connectivity index (χ0) is 23.0. The Morgan fingerprint density at radius 2 is 1.84 bits per heavy atom. The molecule has 0 radical (unpaired) electrons. The molecule has 9 nitrogen and oxygen atoms in total. The highest BCUT2D eigenvalue weighted by Crippen LogP contribution is 2.40. The zero-order valence-electron chi connectivity index (χ0n) is 18.4. The average molecular weight is 465 g/mol. The molecule has 0 atom stereocenters. The van der Waals surface area contributed by atoms with Crippen LogP contribution in [0.1, 0.15) is 38.7 Å². The van der Waals surface area contributed by atoms with E-state index in [1.807, 2.05) is 6.07 Å². The Kier molecular flexibility index (Phi) is 6.22. The van der Waals surface area contributed by atoms with Crippen molar-refractivity contribution in [3.63, 3.8) is 0 Å². The van der Waals surface area contributed by atoms with Crippen molar-refractivity contribution in [3.8, 4) is 11.5 Å². The number of hydrogen-bond donors (Lipinski definition) is 1. The predicted octanol–water partition coefficient (Wildman–Crippen LogP) is 2.20. The van der Waals surface area contributed by atoms with Crippen molar-refractivity contribution in [2.45, 2.75) is 45.2 Å². The summed E-state index contributed by atoms with van der Waals surface area (Å²) in [7, 11) is 0. The summed E-state index contributed by atoms with van der Waals surface area (Å²) in [5.74, 6) is 0.694. The van der Waals surface area contributed by atoms with E-state index in [1.165, 1.54) is 0 Å². The first-order chi connectivity index (χ1) is 15.2. The number of nitrogens with zero attached hydrogens (tertiary/aromatic N) is 3. The highest BCUT2D eigenvalue weighted by Gasteiger charge is 2.57. The number of imide groups is 1. The molecule has 3 aliphatic rings. The third-order valence-corrected chi connectivity index (χ3v) is 6.84. The van der Waals surface area contributed by atoms with E-state index in [2.05, 4.69) is 18.7 Å². The van der Waals surface area contributed by atoms with E-state index < -0.39 is 17.5 Å². The van der Waals surface area contributed by atoms with Crippen LogP contribution in [0, 0.1) is 5.92 Å². The van der Waals surface area contributed by atoms with Gasteiger partial charge in [0.15, 0.2) is 11.5 Å². The molecule has 2 saturated heterocycles. The number of fused-ring (bicyclic) bond motifs is 1. The number of rotatable bonds is 7. The number of nitrogens with two attached hydrogens (primary N) is 1. The maximum Gasteiger partial charge on any atom is 0.328 e. The van der Waals surface area contributed by atoms with Crippen molar-refractivity contribution in [3.05, 3.63) is 22.7 Å². The molecule has 0 saturated carbocycles. The fourth-order valence-electron chi connectivity index (χ4n) is 4.66. The number of amides is 4. The lowest BCUT2D eigenvalue weighted by Crippen LogP contribution is -2.56. The lowest BCUT2D eigenvalue weighted by atomic mass is 9.85. The van der Waals surface area contributed by atoms with Gasteiger partial charge in [0.2, 0.25) is 12.7 Å². The highest BCUT2D eigenvalue weighted by molar-refractivity contribution is 6.31. The van der Waals surface area contributed by atoms with E-state index in [9.17, 15) is 14.4 Å². The Balaban J connectivity index is 1.49. The maximum absolute atomic E-state index is 13.3. The van der Waals surface area contributed by atoms with Crippen LogP contribution < -0.4 is 15.2 Å². The number of piperidine rings is 1. The Labute approximate surface area is 192 Å². The van der Waals surface area contributed by atoms with E-state index in [0.29, 0.717) is 61.5 Å². The topological polar surface area (TPSA) is 105 Å². The summed E-state index contributed by atoms with van der Waals surface area (Å²) in [6, 6.07) is 3.24. The van der Waals surface area contributed by atoms with Crippen molar-refractivity contribution < 1.29 is 23.9 Å². The molecular formula is C22H29ClN4O5. The molecule has 4 amide bonds. The summed E-state index contributed by atoms with van der Waals surface area (Å²) in [6.07, 6.45) is 1.77. The van der Waals surface area contributed by atoms with E-state index >= 15 is 0 Å². The number of halogens is 1. The molecule has 32 heavy (non-hydrogen) atoms. The van der Waals surface area contributed by atoms with Gasteiger partial charge in [0.1, 0.15) is 12.1 Å². The quantitative estimate of drug-likeness (QED) is 0.620. The predicted molar refractivity (Wildman–Crippen MR) is 117 cm³/mol. The third-order valence-electron chi connectivity index (χ3n) is 6.48. The molecule has 0 aliphatic carbocycles. The standard InChI is InChI=1S/C22H29ClN4O5/c1-14(2)3-6-27-21(30)26(12-19(24)28)20(29)22(27)4-7-25(8-5-22)11-15-9-17-18(10-16(15)23)32-13-31-17/h9-10,14H,3-8,11-13H2,1-2H3,(H2,24,28). The summed E-state index contributed by atoms with van der Waals surface area (Å²) < 4.78 is 10.8. The molecule has 10 heteroatoms. The maximum atomic E-state index is 13.3. The summed E-state index contributed by atoms with van der Waals surface area (Å²) >= 11 is 6.43. The first-order valence-corrected chi connectivity index (χ1v) is 11.3. The van der Waals surface area contributed by atoms with Gasteiger partial charge in [0.05, 0.1) is 0 Å². The van der Waals surface area contributed by atoms with Gasteiger partial charge in [-0.15, -0.1) is 0 Å². The number of carbonyl (C=O) groups excluding carboxylic acids is 3. The summed E-state index contributed by atoms with van der Waals surface area (Å²) in [5, 5.41) is 0.604. The number of benzene rings is 1. The fourth-order valence-corrected chi connectivity index (χ4v) is 4.87. The molecule has 0 unspecified atom stereocenters. The van der Waals surface area contributed by atoms with Gasteiger partial charge in [-0.25, -0.2) is 4.79 Å². The van der Waals surface area contributed by atoms with E-state index in [-0.39, 0.29) is 19.2 Å². The van der Waals surface area contributed by atoms with Crippen LogP contribution in [0.15, 0.2) is 12.1 Å². The van der Waals surface area contributed by atoms with Crippen LogP contribution in [0.3, 0.4) is 0 Å². The highest BCUT2D eigenvalue weighted by atomic mass is 35.5. The number of urea groups is 1. The van der Waals surface area contributed by atoms with Crippen LogP contribution in [0.4, 0.5) is 4.79 Å². The van der Waals surface area contributed by atoms with Gasteiger partial charge in [-0.1, -0.05) is 25.4 Å². The SMILES string of the molecule is CC(C)CCN1C(=O)N(CC(N)=O)C(=O)C12CCN(Cc1cc3c(cc1Cl)OCO3)CC2. The molecule has 2 N–H and O–H groups in total. The summed E-state index contributed by atoms with van der Waals surface area (Å²) in [6.45, 7) is 6.27. The van der Waals surface area contributed by atoms with Gasteiger partial charge < -0.3 is 20.1 Å². The first kappa shape index (κ1) is 22.7. The Morgan fingerprint density at radius 1 is 1.19 bits per heavy atom. The molecule has 1 aromatic rings. The van der Waals surface area contributed by atoms with Crippen molar-refractivity contribution in [2.24, 2.45) is 11.7 Å². The average Bonchev–Trinajstić information content (AvgIpc) is 3.25. The van der Waals surface area contributed by atoms with Gasteiger partial charge in [-0.3, -0.25) is 19.4 Å². The molecular weight excluding hydrogens is 436 g/mol. The smallest absolute Gasteiger partial charge is 0.328 e. The summed E-state index contributed by atoms with van der Waals surface area (Å²) in [4.78, 5) is 42.7. The largest absolute Gasteiger partial charge is 0.454 e. The Morgan fingerprint density at radius 3 is 2.47 bits per heavy atom. The van der Waals surface area contributed by atoms with Crippen LogP contribution in [0.5, 0.6) is 11.5 Å². The first-order valence-electron chi connectivity index (χ1n) is 10.9. The molecule has 0 bridgehead atoms. The van der Waals surface area contributed by atoms with Gasteiger partial charge in [-0.05, 0) is 36.8 Å². The lowest BCUT2D eigenvalue weighted by molar-refractivity contribution is -0.137. The molecule has 4 rings (SSSR count). The van der Waals surface area contributed by atoms with Crippen molar-refractivity contribution in [2.75, 3.05) is 33.0 Å². The van der Waals surface area contributed by atoms with E-state index in [1.54, 1.807) is 11.0 Å². The number of carbonyl (C=O) groups is 3. The van der Waals surface area contributed by atoms with Gasteiger partial charge >= 0.3 is 6.03 Å². The third kappa shape index (κ3) is 4.11. The minimum atomic E-state index is -0.920. The number of hydrogen-bond acceptors (Lipinski definition) is 6. The number of primary amides is 1. The Bertz CT molecular complexity index is 929. The Hall–Kier alpha value is -2.52. The number of ether oxygens (including phenoxy) is 2. The molecule has 0 aromatic heterocycles. The zero-order valence-corrected chi connectivity index (χ0v) is 19.2. The van der Waals surface area contributed by atoms with Crippen LogP contribution in [0.2, 0.25) is 5.02 Å². The molecule has 1 spiro atoms. The van der Waals surface area contributed by atoms with Crippen molar-refractivity contribution in [1.82, 2.24) is 14.7 Å². The minimum Gasteiger partial charge on any atom is -0.454 e. The number of likely N-dealkylation sites (tertiary alicyclic amines) is 1. The lowest BCUT2D eigenvalue weighted by Gasteiger charge is -2.42. The molecule has 3 aliphatic heterocycles. The monoisotopic (exact) mass is 464 g/mol. The van der Waals surface area contributed by atoms with Crippen LogP contribution in [0.25, 0.3) is 0 Å². The van der Waals surface area contributed by atoms with Crippen LogP contribution >= 0.6 is 11.6 Å². The molecule has 3 heterocycles. The van der Waals surface area contributed by atoms with Gasteiger partial charge in [0.25, 0.3) is 5.91 Å². The second-order valence-electron chi connectivity index (χ2n) is 9.08. The fraction of sp³-hybridized carbons (Fsp3) is 0.591. The normalized spacial score (nSPS) is 20.1. The molecule has 2 fully saturated rings. The molecule has 174 valence electrons. The minimum absolute atomic E-state index is 0.186. The van der Waals surface area contributed by atoms with Gasteiger partial charge in [0, 0.05) is 37.3 Å². The van der Waals surface area contributed by atoms with Crippen LogP contribution in [-0.4, -0.2) is 71.1 Å².